The highest BCUT2D eigenvalue weighted by Crippen LogP contribution is 2.48. The van der Waals surface area contributed by atoms with Crippen LogP contribution in [0.5, 0.6) is 0 Å². The lowest BCUT2D eigenvalue weighted by molar-refractivity contribution is -0.134. The number of carbonyl (C=O) groups excluding carboxylic acids is 2. The summed E-state index contributed by atoms with van der Waals surface area (Å²) in [4.78, 5) is 24.9. The second kappa shape index (κ2) is 3.34. The lowest BCUT2D eigenvalue weighted by Crippen LogP contribution is -2.40. The number of nitrogens with zero attached hydrogens (tertiary/aromatic N) is 1. The van der Waals surface area contributed by atoms with Gasteiger partial charge < -0.3 is 4.74 Å². The highest BCUT2D eigenvalue weighted by atomic mass is 16.6. The molecule has 3 rings (SSSR count). The maximum atomic E-state index is 12.2. The number of imide groups is 1. The molecule has 2 fully saturated rings. The predicted octanol–water partition coefficient (Wildman–Crippen LogP) is 1.42. The zero-order chi connectivity index (χ0) is 11.3. The second-order valence-corrected chi connectivity index (χ2v) is 4.94. The Bertz CT molecular complexity index is 376. The monoisotopic (exact) mass is 221 g/mol. The Hall–Kier alpha value is -1.32. The molecule has 2 bridgehead atoms. The Morgan fingerprint density at radius 3 is 2.75 bits per heavy atom. The van der Waals surface area contributed by atoms with Crippen LogP contribution < -0.4 is 0 Å². The number of ether oxygens (including phenoxy) is 1. The molecule has 0 aromatic rings. The van der Waals surface area contributed by atoms with Gasteiger partial charge in [0.2, 0.25) is 5.91 Å². The highest BCUT2D eigenvalue weighted by Gasteiger charge is 2.48. The van der Waals surface area contributed by atoms with Crippen molar-refractivity contribution < 1.29 is 14.3 Å². The summed E-state index contributed by atoms with van der Waals surface area (Å²) < 4.78 is 4.81. The normalized spacial score (nSPS) is 40.6. The van der Waals surface area contributed by atoms with Crippen molar-refractivity contribution >= 4 is 12.0 Å². The molecule has 1 heterocycles. The highest BCUT2D eigenvalue weighted by molar-refractivity contribution is 5.94. The summed E-state index contributed by atoms with van der Waals surface area (Å²) in [5.74, 6) is 1.17. The number of amides is 2. The summed E-state index contributed by atoms with van der Waals surface area (Å²) in [6.07, 6.45) is 4.94. The molecule has 0 radical (unpaired) electrons. The minimum absolute atomic E-state index is 0.0133. The standard InChI is InChI=1S/C12H15NO3/c1-7-8-2-3-9(6-8)10(7)11(14)13-4-5-16-12(13)15/h2-3,7-10H,4-6H2,1H3/t7?,8-,9+,10-/m1/s1. The maximum absolute atomic E-state index is 12.2. The van der Waals surface area contributed by atoms with E-state index in [2.05, 4.69) is 19.1 Å². The van der Waals surface area contributed by atoms with Crippen LogP contribution in [0.1, 0.15) is 13.3 Å². The van der Waals surface area contributed by atoms with E-state index in [0.717, 1.165) is 6.42 Å². The van der Waals surface area contributed by atoms with Crippen LogP contribution in [0.4, 0.5) is 4.79 Å². The van der Waals surface area contributed by atoms with Gasteiger partial charge in [-0.2, -0.15) is 0 Å². The summed E-state index contributed by atoms with van der Waals surface area (Å²) >= 11 is 0. The van der Waals surface area contributed by atoms with E-state index in [4.69, 9.17) is 4.74 Å². The van der Waals surface area contributed by atoms with Crippen molar-refractivity contribution in [3.8, 4) is 0 Å². The maximum Gasteiger partial charge on any atom is 0.416 e. The van der Waals surface area contributed by atoms with E-state index < -0.39 is 6.09 Å². The third-order valence-electron chi connectivity index (χ3n) is 4.16. The van der Waals surface area contributed by atoms with Gasteiger partial charge >= 0.3 is 6.09 Å². The fraction of sp³-hybridized carbons (Fsp3) is 0.667. The van der Waals surface area contributed by atoms with Crippen LogP contribution >= 0.6 is 0 Å². The first-order valence-electron chi connectivity index (χ1n) is 5.85. The van der Waals surface area contributed by atoms with Crippen LogP contribution in [0.3, 0.4) is 0 Å². The van der Waals surface area contributed by atoms with Crippen LogP contribution in [-0.2, 0) is 9.53 Å². The molecule has 1 aliphatic heterocycles. The molecule has 4 atom stereocenters. The quantitative estimate of drug-likeness (QED) is 0.629. The number of hydrogen-bond donors (Lipinski definition) is 0. The van der Waals surface area contributed by atoms with Crippen molar-refractivity contribution in [2.24, 2.45) is 23.7 Å². The number of hydrogen-bond acceptors (Lipinski definition) is 3. The van der Waals surface area contributed by atoms with E-state index in [1.165, 1.54) is 4.90 Å². The molecule has 1 saturated heterocycles. The van der Waals surface area contributed by atoms with E-state index in [0.29, 0.717) is 30.9 Å². The summed E-state index contributed by atoms with van der Waals surface area (Å²) in [7, 11) is 0. The van der Waals surface area contributed by atoms with Gasteiger partial charge in [0.15, 0.2) is 0 Å². The lowest BCUT2D eigenvalue weighted by Gasteiger charge is -2.26. The van der Waals surface area contributed by atoms with Gasteiger partial charge in [-0.25, -0.2) is 9.69 Å². The van der Waals surface area contributed by atoms with Crippen molar-refractivity contribution in [2.45, 2.75) is 13.3 Å². The minimum Gasteiger partial charge on any atom is -0.447 e. The molecule has 3 aliphatic rings. The number of rotatable bonds is 1. The number of cyclic esters (lactones) is 1. The molecule has 16 heavy (non-hydrogen) atoms. The molecule has 1 unspecified atom stereocenters. The Morgan fingerprint density at radius 2 is 2.19 bits per heavy atom. The van der Waals surface area contributed by atoms with Gasteiger partial charge in [-0.3, -0.25) is 4.79 Å². The van der Waals surface area contributed by atoms with Crippen molar-refractivity contribution in [3.63, 3.8) is 0 Å². The first-order chi connectivity index (χ1) is 7.68. The van der Waals surface area contributed by atoms with Gasteiger partial charge in [0.25, 0.3) is 0 Å². The zero-order valence-electron chi connectivity index (χ0n) is 9.26. The molecule has 2 aliphatic carbocycles. The molecule has 0 aromatic carbocycles. The lowest BCUT2D eigenvalue weighted by atomic mass is 9.83. The molecule has 1 saturated carbocycles. The van der Waals surface area contributed by atoms with Crippen molar-refractivity contribution in [1.29, 1.82) is 0 Å². The van der Waals surface area contributed by atoms with Gasteiger partial charge in [-0.15, -0.1) is 0 Å². The second-order valence-electron chi connectivity index (χ2n) is 4.94. The molecule has 4 nitrogen and oxygen atoms in total. The average molecular weight is 221 g/mol. The van der Waals surface area contributed by atoms with Gasteiger partial charge in [-0.05, 0) is 24.2 Å². The molecule has 0 spiro atoms. The molecular weight excluding hydrogens is 206 g/mol. The van der Waals surface area contributed by atoms with Gasteiger partial charge in [-0.1, -0.05) is 19.1 Å². The molecule has 2 amide bonds. The third-order valence-corrected chi connectivity index (χ3v) is 4.16. The van der Waals surface area contributed by atoms with Gasteiger partial charge in [0.05, 0.1) is 6.54 Å². The van der Waals surface area contributed by atoms with Crippen LogP contribution in [0.25, 0.3) is 0 Å². The van der Waals surface area contributed by atoms with E-state index in [-0.39, 0.29) is 11.8 Å². The van der Waals surface area contributed by atoms with Gasteiger partial charge in [0.1, 0.15) is 6.61 Å². The summed E-state index contributed by atoms with van der Waals surface area (Å²) in [5, 5.41) is 0. The van der Waals surface area contributed by atoms with Crippen molar-refractivity contribution in [3.05, 3.63) is 12.2 Å². The first-order valence-corrected chi connectivity index (χ1v) is 5.85. The predicted molar refractivity (Wildman–Crippen MR) is 56.5 cm³/mol. The Morgan fingerprint density at radius 1 is 1.44 bits per heavy atom. The van der Waals surface area contributed by atoms with Crippen molar-refractivity contribution in [2.75, 3.05) is 13.2 Å². The summed E-state index contributed by atoms with van der Waals surface area (Å²) in [6, 6.07) is 0. The zero-order valence-corrected chi connectivity index (χ0v) is 9.26. The Labute approximate surface area is 94.2 Å². The van der Waals surface area contributed by atoms with Crippen LogP contribution in [0.15, 0.2) is 12.2 Å². The van der Waals surface area contributed by atoms with E-state index in [1.54, 1.807) is 0 Å². The van der Waals surface area contributed by atoms with E-state index in [1.807, 2.05) is 0 Å². The van der Waals surface area contributed by atoms with E-state index >= 15 is 0 Å². The van der Waals surface area contributed by atoms with Crippen LogP contribution in [0, 0.1) is 23.7 Å². The molecule has 0 N–H and O–H groups in total. The smallest absolute Gasteiger partial charge is 0.416 e. The van der Waals surface area contributed by atoms with Gasteiger partial charge in [0, 0.05) is 5.92 Å². The van der Waals surface area contributed by atoms with Crippen LogP contribution in [0.2, 0.25) is 0 Å². The Balaban J connectivity index is 1.81. The number of allylic oxidation sites excluding steroid dienone is 2. The summed E-state index contributed by atoms with van der Waals surface area (Å²) in [6.45, 7) is 2.87. The molecule has 4 heteroatoms. The first kappa shape index (κ1) is 9.87. The third kappa shape index (κ3) is 1.22. The molecular formula is C12H15NO3. The van der Waals surface area contributed by atoms with Crippen LogP contribution in [-0.4, -0.2) is 30.1 Å². The minimum atomic E-state index is -0.469. The van der Waals surface area contributed by atoms with E-state index in [9.17, 15) is 9.59 Å². The Kier molecular flexibility index (Phi) is 2.06. The molecule has 86 valence electrons. The average Bonchev–Trinajstić information content (AvgIpc) is 2.92. The number of carbonyl (C=O) groups is 2. The number of fused-ring (bicyclic) bond motifs is 2. The topological polar surface area (TPSA) is 46.6 Å². The molecule has 0 aromatic heterocycles. The fourth-order valence-electron chi connectivity index (χ4n) is 3.25. The largest absolute Gasteiger partial charge is 0.447 e. The van der Waals surface area contributed by atoms with Crippen molar-refractivity contribution in [1.82, 2.24) is 4.90 Å². The summed E-state index contributed by atoms with van der Waals surface area (Å²) in [5.41, 5.74) is 0. The SMILES string of the molecule is CC1[C@@H]2C=C[C@@H](C2)[C@@H]1C(=O)N1CCOC1=O. The fourth-order valence-corrected chi connectivity index (χ4v) is 3.25.